The molecule has 0 spiro atoms. The van der Waals surface area contributed by atoms with Crippen LogP contribution < -0.4 is 16.0 Å². The van der Waals surface area contributed by atoms with Gasteiger partial charge in [-0.15, -0.1) is 0 Å². The number of carbonyl (C=O) groups excluding carboxylic acids is 4. The first-order chi connectivity index (χ1) is 23.2. The molecule has 2 aliphatic heterocycles. The molecule has 0 saturated carbocycles. The fourth-order valence-electron chi connectivity index (χ4n) is 5.50. The number of Topliss-reactive ketones (excluding diaryl/α,β-unsaturated/α-hetero) is 1. The maximum atomic E-state index is 13.8. The molecule has 1 unspecified atom stereocenters. The van der Waals surface area contributed by atoms with Crippen molar-refractivity contribution in [3.05, 3.63) is 89.3 Å². The minimum absolute atomic E-state index is 0.0417. The molecule has 3 aromatic rings. The first-order valence-electron chi connectivity index (χ1n) is 16.2. The molecule has 0 radical (unpaired) electrons. The Kier molecular flexibility index (Phi) is 12.1. The summed E-state index contributed by atoms with van der Waals surface area (Å²) < 4.78 is 21.5. The molecular weight excluding hydrogens is 618 g/mol. The smallest absolute Gasteiger partial charge is 0.274 e. The largest absolute Gasteiger partial charge is 0.382 e. The second-order valence-electron chi connectivity index (χ2n) is 12.3. The van der Waals surface area contributed by atoms with E-state index < -0.39 is 41.4 Å². The van der Waals surface area contributed by atoms with Crippen LogP contribution in [-0.2, 0) is 48.0 Å². The number of carbonyl (C=O) groups is 4. The van der Waals surface area contributed by atoms with E-state index in [0.717, 1.165) is 24.2 Å². The van der Waals surface area contributed by atoms with E-state index in [2.05, 4.69) is 26.0 Å². The van der Waals surface area contributed by atoms with Crippen molar-refractivity contribution in [1.29, 1.82) is 0 Å². The van der Waals surface area contributed by atoms with Crippen LogP contribution in [0, 0.1) is 0 Å². The van der Waals surface area contributed by atoms with Gasteiger partial charge in [-0.05, 0) is 37.3 Å². The maximum absolute atomic E-state index is 13.8. The van der Waals surface area contributed by atoms with Crippen LogP contribution >= 0.6 is 0 Å². The topological polar surface area (TPSA) is 165 Å². The van der Waals surface area contributed by atoms with Crippen molar-refractivity contribution in [3.8, 4) is 0 Å². The van der Waals surface area contributed by atoms with Gasteiger partial charge in [-0.1, -0.05) is 65.8 Å². The van der Waals surface area contributed by atoms with E-state index in [0.29, 0.717) is 31.9 Å². The van der Waals surface area contributed by atoms with E-state index in [1.807, 2.05) is 60.7 Å². The Bertz CT molecular complexity index is 1520. The number of aromatic nitrogens is 1. The highest BCUT2D eigenvalue weighted by molar-refractivity contribution is 5.99. The summed E-state index contributed by atoms with van der Waals surface area (Å²) in [5, 5.41) is 12.3. The number of hydrogen-bond donors (Lipinski definition) is 3. The standard InChI is InChI=1S/C35H43N5O8/c1-35(23-47-35)31(41)28(19-25-11-7-4-8-12-25)37-34(44)30(22-45-2)38-32(42)27(14-13-24-9-5-3-6-10-24)36-33(43)29-20-26(48-39-29)21-40-15-17-46-18-16-40/h3-12,20,27-28,30H,13-19,21-23H2,1-2H3,(H,36,43)(H,37,44)(H,38,42)/t27?,28-,30-,35+/m0/s1. The molecule has 2 fully saturated rings. The van der Waals surface area contributed by atoms with E-state index in [-0.39, 0.29) is 37.5 Å². The molecule has 4 atom stereocenters. The lowest BCUT2D eigenvalue weighted by Crippen LogP contribution is -2.58. The molecule has 3 amide bonds. The Morgan fingerprint density at radius 1 is 0.896 bits per heavy atom. The molecule has 256 valence electrons. The van der Waals surface area contributed by atoms with Crippen LogP contribution in [0.15, 0.2) is 71.3 Å². The second kappa shape index (κ2) is 16.6. The first kappa shape index (κ1) is 34.9. The summed E-state index contributed by atoms with van der Waals surface area (Å²) in [6.45, 7) is 5.02. The lowest BCUT2D eigenvalue weighted by molar-refractivity contribution is -0.134. The van der Waals surface area contributed by atoms with Crippen LogP contribution in [-0.4, -0.2) is 104 Å². The highest BCUT2D eigenvalue weighted by atomic mass is 16.6. The predicted octanol–water partition coefficient (Wildman–Crippen LogP) is 1.45. The summed E-state index contributed by atoms with van der Waals surface area (Å²) in [4.78, 5) is 56.2. The van der Waals surface area contributed by atoms with Gasteiger partial charge >= 0.3 is 0 Å². The van der Waals surface area contributed by atoms with Crippen molar-refractivity contribution >= 4 is 23.5 Å². The van der Waals surface area contributed by atoms with Crippen LogP contribution in [0.2, 0.25) is 0 Å². The average Bonchev–Trinajstić information content (AvgIpc) is 3.69. The molecular formula is C35H43N5O8. The SMILES string of the molecule is COC[C@H](NC(=O)C(CCc1ccccc1)NC(=O)c1cc(CN2CCOCC2)on1)C(=O)N[C@@H](Cc1ccccc1)C(=O)[C@@]1(C)CO1. The number of ether oxygens (including phenoxy) is 3. The number of methoxy groups -OCH3 is 1. The average molecular weight is 662 g/mol. The van der Waals surface area contributed by atoms with Crippen LogP contribution in [0.4, 0.5) is 0 Å². The van der Waals surface area contributed by atoms with Crippen LogP contribution in [0.1, 0.15) is 40.7 Å². The number of nitrogens with zero attached hydrogens (tertiary/aromatic N) is 2. The van der Waals surface area contributed by atoms with Gasteiger partial charge in [-0.25, -0.2) is 0 Å². The minimum Gasteiger partial charge on any atom is -0.382 e. The van der Waals surface area contributed by atoms with Crippen molar-refractivity contribution in [2.75, 3.05) is 46.6 Å². The van der Waals surface area contributed by atoms with Crippen molar-refractivity contribution < 1.29 is 37.9 Å². The Balaban J connectivity index is 1.27. The zero-order valence-corrected chi connectivity index (χ0v) is 27.3. The molecule has 2 aromatic carbocycles. The van der Waals surface area contributed by atoms with E-state index in [9.17, 15) is 19.2 Å². The molecule has 0 bridgehead atoms. The number of epoxide rings is 1. The van der Waals surface area contributed by atoms with Gasteiger partial charge in [0.15, 0.2) is 17.2 Å². The molecule has 1 aromatic heterocycles. The highest BCUT2D eigenvalue weighted by Crippen LogP contribution is 2.29. The monoisotopic (exact) mass is 661 g/mol. The van der Waals surface area contributed by atoms with Gasteiger partial charge in [0.2, 0.25) is 11.8 Å². The summed E-state index contributed by atoms with van der Waals surface area (Å²) in [6.07, 6.45) is 0.971. The number of benzene rings is 2. The number of ketones is 1. The van der Waals surface area contributed by atoms with Crippen molar-refractivity contribution in [2.45, 2.75) is 56.5 Å². The van der Waals surface area contributed by atoms with Crippen molar-refractivity contribution in [2.24, 2.45) is 0 Å². The van der Waals surface area contributed by atoms with E-state index >= 15 is 0 Å². The number of morpholine rings is 1. The number of nitrogens with one attached hydrogen (secondary N) is 3. The van der Waals surface area contributed by atoms with Gasteiger partial charge < -0.3 is 34.7 Å². The fraction of sp³-hybridized carbons (Fsp3) is 0.457. The third-order valence-corrected chi connectivity index (χ3v) is 8.44. The number of hydrogen-bond acceptors (Lipinski definition) is 10. The lowest BCUT2D eigenvalue weighted by Gasteiger charge is -2.25. The molecule has 0 aliphatic carbocycles. The van der Waals surface area contributed by atoms with Gasteiger partial charge in [0, 0.05) is 26.3 Å². The van der Waals surface area contributed by atoms with Crippen molar-refractivity contribution in [1.82, 2.24) is 26.0 Å². The normalized spacial score (nSPS) is 19.5. The summed E-state index contributed by atoms with van der Waals surface area (Å²) >= 11 is 0. The fourth-order valence-corrected chi connectivity index (χ4v) is 5.50. The summed E-state index contributed by atoms with van der Waals surface area (Å²) in [5.41, 5.74) is 0.906. The van der Waals surface area contributed by atoms with E-state index in [1.165, 1.54) is 7.11 Å². The predicted molar refractivity (Wildman–Crippen MR) is 174 cm³/mol. The highest BCUT2D eigenvalue weighted by Gasteiger charge is 2.50. The molecule has 13 heteroatoms. The van der Waals surface area contributed by atoms with Crippen molar-refractivity contribution in [3.63, 3.8) is 0 Å². The molecule has 3 heterocycles. The van der Waals surface area contributed by atoms with Gasteiger partial charge in [0.05, 0.1) is 39.0 Å². The molecule has 48 heavy (non-hydrogen) atoms. The zero-order chi connectivity index (χ0) is 33.9. The van der Waals surface area contributed by atoms with Gasteiger partial charge in [0.25, 0.3) is 5.91 Å². The molecule has 5 rings (SSSR count). The number of amides is 3. The van der Waals surface area contributed by atoms with Crippen LogP contribution in [0.5, 0.6) is 0 Å². The summed E-state index contributed by atoms with van der Waals surface area (Å²) in [5.74, 6) is -1.50. The van der Waals surface area contributed by atoms with Gasteiger partial charge in [0.1, 0.15) is 17.7 Å². The molecule has 3 N–H and O–H groups in total. The van der Waals surface area contributed by atoms with E-state index in [1.54, 1.807) is 13.0 Å². The Morgan fingerprint density at radius 3 is 2.17 bits per heavy atom. The van der Waals surface area contributed by atoms with E-state index in [4.69, 9.17) is 18.7 Å². The maximum Gasteiger partial charge on any atom is 0.274 e. The molecule has 13 nitrogen and oxygen atoms in total. The molecule has 2 saturated heterocycles. The minimum atomic E-state index is -1.15. The summed E-state index contributed by atoms with van der Waals surface area (Å²) in [7, 11) is 1.41. The third kappa shape index (κ3) is 9.80. The Hall–Kier alpha value is -4.43. The van der Waals surface area contributed by atoms with Gasteiger partial charge in [-0.3, -0.25) is 24.1 Å². The Labute approximate surface area is 279 Å². The third-order valence-electron chi connectivity index (χ3n) is 8.44. The number of aryl methyl sites for hydroxylation is 1. The quantitative estimate of drug-likeness (QED) is 0.181. The van der Waals surface area contributed by atoms with Gasteiger partial charge in [-0.2, -0.15) is 0 Å². The first-order valence-corrected chi connectivity index (χ1v) is 16.2. The Morgan fingerprint density at radius 2 is 1.52 bits per heavy atom. The zero-order valence-electron chi connectivity index (χ0n) is 27.3. The summed E-state index contributed by atoms with van der Waals surface area (Å²) in [6, 6.07) is 17.4. The number of rotatable bonds is 17. The second-order valence-corrected chi connectivity index (χ2v) is 12.3. The van der Waals surface area contributed by atoms with Crippen LogP contribution in [0.25, 0.3) is 0 Å². The van der Waals surface area contributed by atoms with Crippen LogP contribution in [0.3, 0.4) is 0 Å². The molecule has 2 aliphatic rings. The lowest BCUT2D eigenvalue weighted by atomic mass is 9.94.